The second-order valence-electron chi connectivity index (χ2n) is 5.00. The molecule has 8 nitrogen and oxygen atoms in total. The SMILES string of the molecule is NCCCCCCc1nc2nc(CC(N)=O)nc(N)c2[nH]1. The first-order valence-electron chi connectivity index (χ1n) is 7.09. The number of aromatic nitrogens is 4. The zero-order chi connectivity index (χ0) is 15.2. The predicted octanol–water partition coefficient (Wildman–Crippen LogP) is 0.0245. The molecular weight excluding hydrogens is 270 g/mol. The van der Waals surface area contributed by atoms with Gasteiger partial charge in [0.05, 0.1) is 6.42 Å². The summed E-state index contributed by atoms with van der Waals surface area (Å²) in [5, 5.41) is 0. The molecule has 2 aromatic rings. The van der Waals surface area contributed by atoms with Crippen molar-refractivity contribution in [3.8, 4) is 0 Å². The summed E-state index contributed by atoms with van der Waals surface area (Å²) in [6, 6.07) is 0. The number of hydrogen-bond donors (Lipinski definition) is 4. The van der Waals surface area contributed by atoms with Gasteiger partial charge in [0.2, 0.25) is 5.91 Å². The van der Waals surface area contributed by atoms with E-state index in [2.05, 4.69) is 19.9 Å². The average Bonchev–Trinajstić information content (AvgIpc) is 2.81. The molecule has 0 bridgehead atoms. The van der Waals surface area contributed by atoms with E-state index in [-0.39, 0.29) is 12.2 Å². The van der Waals surface area contributed by atoms with Crippen molar-refractivity contribution in [2.75, 3.05) is 12.3 Å². The van der Waals surface area contributed by atoms with Crippen LogP contribution in [0.25, 0.3) is 11.2 Å². The summed E-state index contributed by atoms with van der Waals surface area (Å²) >= 11 is 0. The van der Waals surface area contributed by atoms with Crippen molar-refractivity contribution < 1.29 is 4.79 Å². The van der Waals surface area contributed by atoms with E-state index in [4.69, 9.17) is 17.2 Å². The van der Waals surface area contributed by atoms with Crippen LogP contribution < -0.4 is 17.2 Å². The minimum absolute atomic E-state index is 0.0403. The van der Waals surface area contributed by atoms with Crippen molar-refractivity contribution in [2.45, 2.75) is 38.5 Å². The Kier molecular flexibility index (Phi) is 5.04. The molecular formula is C13H21N7O. The number of nitrogen functional groups attached to an aromatic ring is 1. The van der Waals surface area contributed by atoms with E-state index in [9.17, 15) is 4.79 Å². The molecule has 0 aliphatic rings. The molecule has 0 unspecified atom stereocenters. The van der Waals surface area contributed by atoms with Gasteiger partial charge >= 0.3 is 0 Å². The number of nitrogens with one attached hydrogen (secondary N) is 1. The Hall–Kier alpha value is -2.22. The number of primary amides is 1. The molecule has 2 aromatic heterocycles. The van der Waals surface area contributed by atoms with Gasteiger partial charge in [-0.3, -0.25) is 4.79 Å². The lowest BCUT2D eigenvalue weighted by Crippen LogP contribution is -2.16. The van der Waals surface area contributed by atoms with Crippen molar-refractivity contribution >= 4 is 22.9 Å². The fourth-order valence-electron chi connectivity index (χ4n) is 2.16. The van der Waals surface area contributed by atoms with E-state index in [0.717, 1.165) is 44.5 Å². The largest absolute Gasteiger partial charge is 0.382 e. The highest BCUT2D eigenvalue weighted by Crippen LogP contribution is 2.16. The molecule has 0 fully saturated rings. The molecule has 8 heteroatoms. The zero-order valence-electron chi connectivity index (χ0n) is 11.9. The monoisotopic (exact) mass is 291 g/mol. The zero-order valence-corrected chi connectivity index (χ0v) is 11.9. The molecule has 2 heterocycles. The molecule has 0 saturated carbocycles. The number of aromatic amines is 1. The van der Waals surface area contributed by atoms with Crippen LogP contribution in [0.5, 0.6) is 0 Å². The normalized spacial score (nSPS) is 11.1. The van der Waals surface area contributed by atoms with E-state index < -0.39 is 5.91 Å². The Balaban J connectivity index is 2.06. The number of hydrogen-bond acceptors (Lipinski definition) is 6. The van der Waals surface area contributed by atoms with Crippen molar-refractivity contribution in [2.24, 2.45) is 11.5 Å². The number of unbranched alkanes of at least 4 members (excludes halogenated alkanes) is 3. The van der Waals surface area contributed by atoms with E-state index in [1.54, 1.807) is 0 Å². The van der Waals surface area contributed by atoms with Gasteiger partial charge in [-0.15, -0.1) is 0 Å². The summed E-state index contributed by atoms with van der Waals surface area (Å²) in [6.45, 7) is 0.736. The van der Waals surface area contributed by atoms with Gasteiger partial charge in [-0.2, -0.15) is 0 Å². The van der Waals surface area contributed by atoms with Crippen LogP contribution in [0.4, 0.5) is 5.82 Å². The maximum Gasteiger partial charge on any atom is 0.225 e. The molecule has 2 rings (SSSR count). The molecule has 0 spiro atoms. The first-order valence-corrected chi connectivity index (χ1v) is 7.09. The van der Waals surface area contributed by atoms with Crippen LogP contribution in [0.1, 0.15) is 37.3 Å². The van der Waals surface area contributed by atoms with Gasteiger partial charge in [-0.1, -0.05) is 12.8 Å². The van der Waals surface area contributed by atoms with Crippen molar-refractivity contribution in [3.63, 3.8) is 0 Å². The van der Waals surface area contributed by atoms with Crippen LogP contribution in [0.15, 0.2) is 0 Å². The summed E-state index contributed by atoms with van der Waals surface area (Å²) in [6.07, 6.45) is 5.10. The number of carbonyl (C=O) groups excluding carboxylic acids is 1. The number of H-pyrrole nitrogens is 1. The fourth-order valence-corrected chi connectivity index (χ4v) is 2.16. The summed E-state index contributed by atoms with van der Waals surface area (Å²) in [5.74, 6) is 0.922. The van der Waals surface area contributed by atoms with E-state index in [1.807, 2.05) is 0 Å². The molecule has 7 N–H and O–H groups in total. The second kappa shape index (κ2) is 6.98. The number of rotatable bonds is 8. The molecule has 21 heavy (non-hydrogen) atoms. The summed E-state index contributed by atoms with van der Waals surface area (Å²) in [5.41, 5.74) is 17.5. The molecule has 0 aromatic carbocycles. The average molecular weight is 291 g/mol. The predicted molar refractivity (Wildman–Crippen MR) is 80.2 cm³/mol. The van der Waals surface area contributed by atoms with Gasteiger partial charge in [-0.05, 0) is 19.4 Å². The summed E-state index contributed by atoms with van der Waals surface area (Å²) in [7, 11) is 0. The molecule has 0 aliphatic carbocycles. The number of imidazole rings is 1. The van der Waals surface area contributed by atoms with E-state index in [0.29, 0.717) is 17.0 Å². The Labute approximate surface area is 122 Å². The van der Waals surface area contributed by atoms with Crippen LogP contribution in [-0.4, -0.2) is 32.4 Å². The lowest BCUT2D eigenvalue weighted by atomic mass is 10.1. The van der Waals surface area contributed by atoms with Crippen LogP contribution in [0.3, 0.4) is 0 Å². The lowest BCUT2D eigenvalue weighted by molar-refractivity contribution is -0.117. The number of anilines is 1. The number of fused-ring (bicyclic) bond motifs is 1. The Morgan fingerprint density at radius 1 is 1.10 bits per heavy atom. The molecule has 114 valence electrons. The summed E-state index contributed by atoms with van der Waals surface area (Å²) in [4.78, 5) is 26.7. The standard InChI is InChI=1S/C13H21N7O/c14-6-4-2-1-3-5-9-17-11-12(16)18-10(7-8(15)21)20-13(11)19-9/h1-7,14H2,(H2,15,21)(H3,16,17,18,19,20). The van der Waals surface area contributed by atoms with Gasteiger partial charge in [0.15, 0.2) is 11.5 Å². The Morgan fingerprint density at radius 2 is 1.86 bits per heavy atom. The number of carbonyl (C=O) groups is 1. The van der Waals surface area contributed by atoms with Gasteiger partial charge in [-0.25, -0.2) is 15.0 Å². The molecule has 0 atom stereocenters. The van der Waals surface area contributed by atoms with Gasteiger partial charge in [0.25, 0.3) is 0 Å². The van der Waals surface area contributed by atoms with Crippen LogP contribution in [0, 0.1) is 0 Å². The summed E-state index contributed by atoms with van der Waals surface area (Å²) < 4.78 is 0. The van der Waals surface area contributed by atoms with Crippen LogP contribution >= 0.6 is 0 Å². The lowest BCUT2D eigenvalue weighted by Gasteiger charge is -1.98. The van der Waals surface area contributed by atoms with E-state index >= 15 is 0 Å². The van der Waals surface area contributed by atoms with Gasteiger partial charge in [0, 0.05) is 6.42 Å². The molecule has 0 radical (unpaired) electrons. The van der Waals surface area contributed by atoms with Gasteiger partial charge < -0.3 is 22.2 Å². The number of amides is 1. The first kappa shape index (κ1) is 15.2. The van der Waals surface area contributed by atoms with Gasteiger partial charge in [0.1, 0.15) is 17.2 Å². The van der Waals surface area contributed by atoms with Crippen LogP contribution in [-0.2, 0) is 17.6 Å². The third-order valence-electron chi connectivity index (χ3n) is 3.17. The number of nitrogens with zero attached hydrogens (tertiary/aromatic N) is 3. The Morgan fingerprint density at radius 3 is 2.57 bits per heavy atom. The van der Waals surface area contributed by atoms with E-state index in [1.165, 1.54) is 0 Å². The topological polar surface area (TPSA) is 150 Å². The third-order valence-corrected chi connectivity index (χ3v) is 3.17. The molecule has 1 amide bonds. The highest BCUT2D eigenvalue weighted by atomic mass is 16.1. The van der Waals surface area contributed by atoms with Crippen molar-refractivity contribution in [3.05, 3.63) is 11.6 Å². The molecule has 0 aliphatic heterocycles. The third kappa shape index (κ3) is 4.12. The minimum atomic E-state index is -0.496. The fraction of sp³-hybridized carbons (Fsp3) is 0.538. The highest BCUT2D eigenvalue weighted by molar-refractivity contribution is 5.82. The maximum absolute atomic E-state index is 10.9. The first-order chi connectivity index (χ1) is 10.1. The van der Waals surface area contributed by atoms with Crippen molar-refractivity contribution in [1.82, 2.24) is 19.9 Å². The number of aryl methyl sites for hydroxylation is 1. The van der Waals surface area contributed by atoms with Crippen molar-refractivity contribution in [1.29, 1.82) is 0 Å². The molecule has 0 saturated heterocycles. The quantitative estimate of drug-likeness (QED) is 0.504. The smallest absolute Gasteiger partial charge is 0.225 e. The number of nitrogens with two attached hydrogens (primary N) is 3. The van der Waals surface area contributed by atoms with Crippen LogP contribution in [0.2, 0.25) is 0 Å². The minimum Gasteiger partial charge on any atom is -0.382 e. The Bertz CT molecular complexity index is 622. The maximum atomic E-state index is 10.9. The second-order valence-corrected chi connectivity index (χ2v) is 5.00. The highest BCUT2D eigenvalue weighted by Gasteiger charge is 2.11.